The van der Waals surface area contributed by atoms with Crippen LogP contribution >= 0.6 is 11.6 Å². The topological polar surface area (TPSA) is 81.2 Å². The van der Waals surface area contributed by atoms with Gasteiger partial charge in [-0.1, -0.05) is 17.7 Å². The van der Waals surface area contributed by atoms with Crippen molar-refractivity contribution in [2.24, 2.45) is 5.92 Å². The number of amides is 1. The molecule has 140 valence electrons. The van der Waals surface area contributed by atoms with Crippen LogP contribution in [-0.4, -0.2) is 40.7 Å². The van der Waals surface area contributed by atoms with E-state index >= 15 is 0 Å². The van der Waals surface area contributed by atoms with E-state index in [-0.39, 0.29) is 12.5 Å². The summed E-state index contributed by atoms with van der Waals surface area (Å²) in [6.07, 6.45) is 3.57. The van der Waals surface area contributed by atoms with E-state index in [9.17, 15) is 9.90 Å². The van der Waals surface area contributed by atoms with E-state index in [1.165, 1.54) is 0 Å². The van der Waals surface area contributed by atoms with Gasteiger partial charge >= 0.3 is 0 Å². The number of hydrogen-bond donors (Lipinski definition) is 3. The van der Waals surface area contributed by atoms with Gasteiger partial charge in [-0.05, 0) is 49.1 Å². The quantitative estimate of drug-likeness (QED) is 0.641. The Hall–Kier alpha value is -2.57. The van der Waals surface area contributed by atoms with Crippen LogP contribution < -0.4 is 10.2 Å². The minimum atomic E-state index is -0.221. The fourth-order valence-corrected chi connectivity index (χ4v) is 3.66. The van der Waals surface area contributed by atoms with Crippen molar-refractivity contribution in [1.29, 1.82) is 0 Å². The van der Waals surface area contributed by atoms with E-state index in [1.807, 2.05) is 24.3 Å². The lowest BCUT2D eigenvalue weighted by Gasteiger charge is -2.33. The number of piperidine rings is 1. The molecule has 1 amide bonds. The number of carbonyl (C=O) groups excluding carboxylic acids is 1. The lowest BCUT2D eigenvalue weighted by molar-refractivity contribution is 0.102. The predicted molar refractivity (Wildman–Crippen MR) is 108 cm³/mol. The number of H-pyrrole nitrogens is 1. The summed E-state index contributed by atoms with van der Waals surface area (Å²) in [5.41, 5.74) is 1.98. The third-order valence-corrected chi connectivity index (χ3v) is 5.27. The van der Waals surface area contributed by atoms with Crippen LogP contribution in [0.25, 0.3) is 10.9 Å². The van der Waals surface area contributed by atoms with Crippen LogP contribution in [0, 0.1) is 5.92 Å². The lowest BCUT2D eigenvalue weighted by atomic mass is 9.98. The van der Waals surface area contributed by atoms with Crippen molar-refractivity contribution in [3.05, 3.63) is 53.3 Å². The molecule has 0 aliphatic carbocycles. The number of pyridine rings is 1. The number of carbonyl (C=O) groups is 1. The summed E-state index contributed by atoms with van der Waals surface area (Å²) in [5.74, 6) is 0.893. The van der Waals surface area contributed by atoms with Gasteiger partial charge in [-0.3, -0.25) is 4.79 Å². The fourth-order valence-electron chi connectivity index (χ4n) is 3.49. The molecule has 0 bridgehead atoms. The van der Waals surface area contributed by atoms with Gasteiger partial charge in [0.1, 0.15) is 5.69 Å². The first-order chi connectivity index (χ1) is 13.1. The summed E-state index contributed by atoms with van der Waals surface area (Å²) in [6.45, 7) is 1.86. The van der Waals surface area contributed by atoms with Crippen molar-refractivity contribution in [3.63, 3.8) is 0 Å². The van der Waals surface area contributed by atoms with Crippen molar-refractivity contribution in [3.8, 4) is 0 Å². The molecule has 2 aromatic heterocycles. The highest BCUT2D eigenvalue weighted by molar-refractivity contribution is 6.31. The van der Waals surface area contributed by atoms with Crippen LogP contribution in [0.15, 0.2) is 42.6 Å². The van der Waals surface area contributed by atoms with Gasteiger partial charge in [0.25, 0.3) is 5.91 Å². The molecule has 0 saturated carbocycles. The molecule has 3 aromatic rings. The molecule has 1 aromatic carbocycles. The Morgan fingerprint density at radius 1 is 1.30 bits per heavy atom. The first-order valence-electron chi connectivity index (χ1n) is 9.04. The lowest BCUT2D eigenvalue weighted by Crippen LogP contribution is -2.35. The maximum Gasteiger partial charge on any atom is 0.272 e. The number of aromatic amines is 1. The number of hydrogen-bond acceptors (Lipinski definition) is 4. The highest BCUT2D eigenvalue weighted by atomic mass is 35.5. The number of nitrogens with one attached hydrogen (secondary N) is 2. The van der Waals surface area contributed by atoms with Gasteiger partial charge < -0.3 is 20.3 Å². The van der Waals surface area contributed by atoms with Crippen LogP contribution in [-0.2, 0) is 0 Å². The highest BCUT2D eigenvalue weighted by Crippen LogP contribution is 2.28. The molecule has 4 rings (SSSR count). The molecule has 7 heteroatoms. The molecular weight excluding hydrogens is 364 g/mol. The fraction of sp³-hybridized carbons (Fsp3) is 0.300. The Bertz CT molecular complexity index is 964. The van der Waals surface area contributed by atoms with Crippen LogP contribution in [0.4, 0.5) is 11.5 Å². The van der Waals surface area contributed by atoms with Gasteiger partial charge in [0.05, 0.1) is 5.69 Å². The van der Waals surface area contributed by atoms with Crippen LogP contribution in [0.1, 0.15) is 23.3 Å². The average Bonchev–Trinajstić information content (AvgIpc) is 3.12. The Labute approximate surface area is 162 Å². The number of benzene rings is 1. The number of rotatable bonds is 4. The summed E-state index contributed by atoms with van der Waals surface area (Å²) in [4.78, 5) is 22.5. The minimum Gasteiger partial charge on any atom is -0.396 e. The predicted octanol–water partition coefficient (Wildman–Crippen LogP) is 3.68. The Morgan fingerprint density at radius 3 is 2.89 bits per heavy atom. The van der Waals surface area contributed by atoms with E-state index in [0.717, 1.165) is 42.7 Å². The Kier molecular flexibility index (Phi) is 5.01. The van der Waals surface area contributed by atoms with E-state index in [1.54, 1.807) is 18.3 Å². The largest absolute Gasteiger partial charge is 0.396 e. The zero-order valence-electron chi connectivity index (χ0n) is 14.8. The molecule has 3 heterocycles. The number of nitrogens with zero attached hydrogens (tertiary/aromatic N) is 2. The SMILES string of the molecule is O=C(Nc1cccnc1N1CCC(CO)CC1)c1cc2ccc(Cl)cc2[nH]1. The Balaban J connectivity index is 1.54. The van der Waals surface area contributed by atoms with Gasteiger partial charge in [0, 0.05) is 41.8 Å². The molecule has 6 nitrogen and oxygen atoms in total. The summed E-state index contributed by atoms with van der Waals surface area (Å²) in [7, 11) is 0. The molecule has 0 spiro atoms. The normalized spacial score (nSPS) is 15.3. The molecule has 27 heavy (non-hydrogen) atoms. The maximum atomic E-state index is 12.7. The molecular formula is C20H21ClN4O2. The number of aliphatic hydroxyl groups excluding tert-OH is 1. The number of halogens is 1. The smallest absolute Gasteiger partial charge is 0.272 e. The van der Waals surface area contributed by atoms with E-state index in [0.29, 0.717) is 22.3 Å². The molecule has 1 aliphatic heterocycles. The molecule has 3 N–H and O–H groups in total. The van der Waals surface area contributed by atoms with Crippen LogP contribution in [0.5, 0.6) is 0 Å². The standard InChI is InChI=1S/C20H21ClN4O2/c21-15-4-3-14-10-18(23-17(14)11-15)20(27)24-16-2-1-7-22-19(16)25-8-5-13(12-26)6-9-25/h1-4,7,10-11,13,23,26H,5-6,8-9,12H2,(H,24,27). The Morgan fingerprint density at radius 2 is 2.11 bits per heavy atom. The van der Waals surface area contributed by atoms with Crippen molar-refractivity contribution in [2.45, 2.75) is 12.8 Å². The van der Waals surface area contributed by atoms with E-state index in [4.69, 9.17) is 11.6 Å². The number of anilines is 2. The van der Waals surface area contributed by atoms with Gasteiger partial charge in [-0.25, -0.2) is 4.98 Å². The second-order valence-corrected chi connectivity index (χ2v) is 7.29. The van der Waals surface area contributed by atoms with E-state index < -0.39 is 0 Å². The van der Waals surface area contributed by atoms with Crippen molar-refractivity contribution in [2.75, 3.05) is 29.9 Å². The van der Waals surface area contributed by atoms with Crippen molar-refractivity contribution >= 4 is 39.9 Å². The molecule has 0 atom stereocenters. The summed E-state index contributed by atoms with van der Waals surface area (Å²) < 4.78 is 0. The second kappa shape index (κ2) is 7.58. The minimum absolute atomic E-state index is 0.221. The first kappa shape index (κ1) is 17.8. The number of fused-ring (bicyclic) bond motifs is 1. The average molecular weight is 385 g/mol. The summed E-state index contributed by atoms with van der Waals surface area (Å²) in [6, 6.07) is 11.0. The maximum absolute atomic E-state index is 12.7. The van der Waals surface area contributed by atoms with Crippen LogP contribution in [0.2, 0.25) is 5.02 Å². The monoisotopic (exact) mass is 384 g/mol. The second-order valence-electron chi connectivity index (χ2n) is 6.86. The third kappa shape index (κ3) is 3.77. The number of aliphatic hydroxyl groups is 1. The van der Waals surface area contributed by atoms with Gasteiger partial charge in [-0.2, -0.15) is 0 Å². The van der Waals surface area contributed by atoms with Gasteiger partial charge in [-0.15, -0.1) is 0 Å². The molecule has 1 fully saturated rings. The summed E-state index contributed by atoms with van der Waals surface area (Å²) >= 11 is 6.01. The van der Waals surface area contributed by atoms with Crippen LogP contribution in [0.3, 0.4) is 0 Å². The third-order valence-electron chi connectivity index (χ3n) is 5.04. The molecule has 1 aliphatic rings. The van der Waals surface area contributed by atoms with Crippen molar-refractivity contribution in [1.82, 2.24) is 9.97 Å². The van der Waals surface area contributed by atoms with Crippen molar-refractivity contribution < 1.29 is 9.90 Å². The van der Waals surface area contributed by atoms with Gasteiger partial charge in [0.2, 0.25) is 0 Å². The molecule has 1 saturated heterocycles. The number of aromatic nitrogens is 2. The molecule has 0 unspecified atom stereocenters. The molecule has 0 radical (unpaired) electrons. The van der Waals surface area contributed by atoms with Gasteiger partial charge in [0.15, 0.2) is 5.82 Å². The zero-order chi connectivity index (χ0) is 18.8. The van der Waals surface area contributed by atoms with E-state index in [2.05, 4.69) is 20.2 Å². The summed E-state index contributed by atoms with van der Waals surface area (Å²) in [5, 5.41) is 13.8. The zero-order valence-corrected chi connectivity index (χ0v) is 15.5. The highest BCUT2D eigenvalue weighted by Gasteiger charge is 2.22. The first-order valence-corrected chi connectivity index (χ1v) is 9.42.